The van der Waals surface area contributed by atoms with Crippen LogP contribution in [0.3, 0.4) is 0 Å². The van der Waals surface area contributed by atoms with E-state index in [-0.39, 0.29) is 12.1 Å². The molecule has 2 rings (SSSR count). The smallest absolute Gasteiger partial charge is 0.295 e. The molecule has 0 radical (unpaired) electrons. The molecule has 22 heavy (non-hydrogen) atoms. The average molecular weight is 326 g/mol. The van der Waals surface area contributed by atoms with Crippen molar-refractivity contribution >= 4 is 28.9 Å². The van der Waals surface area contributed by atoms with Crippen LogP contribution in [0.2, 0.25) is 5.02 Å². The summed E-state index contributed by atoms with van der Waals surface area (Å²) in [4.78, 5) is 32.0. The summed E-state index contributed by atoms with van der Waals surface area (Å²) in [6.45, 7) is 0.0126. The molecule has 9 nitrogen and oxygen atoms in total. The lowest BCUT2D eigenvalue weighted by molar-refractivity contribution is -0.394. The minimum absolute atomic E-state index is 0.0126. The molecule has 2 aromatic rings. The van der Waals surface area contributed by atoms with Crippen LogP contribution in [0.1, 0.15) is 16.1 Å². The quantitative estimate of drug-likeness (QED) is 0.664. The molecule has 10 heteroatoms. The Morgan fingerprint density at radius 1 is 1.27 bits per heavy atom. The van der Waals surface area contributed by atoms with Crippen molar-refractivity contribution in [3.63, 3.8) is 0 Å². The van der Waals surface area contributed by atoms with E-state index >= 15 is 0 Å². The van der Waals surface area contributed by atoms with Crippen LogP contribution in [0.4, 0.5) is 11.4 Å². The predicted molar refractivity (Wildman–Crippen MR) is 74.6 cm³/mol. The van der Waals surface area contributed by atoms with Crippen LogP contribution in [0.5, 0.6) is 0 Å². The summed E-state index contributed by atoms with van der Waals surface area (Å²) in [5.74, 6) is -0.336. The highest BCUT2D eigenvalue weighted by Crippen LogP contribution is 2.32. The van der Waals surface area contributed by atoms with Gasteiger partial charge in [-0.25, -0.2) is 0 Å². The number of nitro benzene ring substituents is 2. The van der Waals surface area contributed by atoms with Crippen LogP contribution >= 0.6 is 11.6 Å². The number of halogens is 1. The number of furan rings is 1. The zero-order chi connectivity index (χ0) is 16.3. The summed E-state index contributed by atoms with van der Waals surface area (Å²) in [7, 11) is 0. The van der Waals surface area contributed by atoms with E-state index in [2.05, 4.69) is 5.32 Å². The molecular formula is C12H8ClN3O6. The van der Waals surface area contributed by atoms with Crippen LogP contribution < -0.4 is 5.32 Å². The molecule has 0 fully saturated rings. The van der Waals surface area contributed by atoms with E-state index in [1.54, 1.807) is 12.1 Å². The summed E-state index contributed by atoms with van der Waals surface area (Å²) in [6.07, 6.45) is 1.41. The highest BCUT2D eigenvalue weighted by atomic mass is 35.5. The normalized spacial score (nSPS) is 10.2. The van der Waals surface area contributed by atoms with Gasteiger partial charge >= 0.3 is 0 Å². The number of benzene rings is 1. The van der Waals surface area contributed by atoms with E-state index in [1.807, 2.05) is 0 Å². The highest BCUT2D eigenvalue weighted by Gasteiger charge is 2.26. The maximum absolute atomic E-state index is 12.0. The first-order valence-electron chi connectivity index (χ1n) is 5.83. The van der Waals surface area contributed by atoms with Gasteiger partial charge in [-0.2, -0.15) is 0 Å². The second-order valence-electron chi connectivity index (χ2n) is 4.10. The Morgan fingerprint density at radius 2 is 2.00 bits per heavy atom. The standard InChI is InChI=1S/C12H8ClN3O6/c13-11-9(12(17)14-6-8-2-1-3-22-8)4-7(15(18)19)5-10(11)16(20)21/h1-5H,6H2,(H,14,17). The number of nitrogens with zero attached hydrogens (tertiary/aromatic N) is 2. The number of rotatable bonds is 5. The second-order valence-corrected chi connectivity index (χ2v) is 4.48. The molecule has 1 N–H and O–H groups in total. The van der Waals surface area contributed by atoms with E-state index in [4.69, 9.17) is 16.0 Å². The summed E-state index contributed by atoms with van der Waals surface area (Å²) in [5, 5.41) is 23.6. The Balaban J connectivity index is 2.33. The molecule has 1 aromatic heterocycles. The summed E-state index contributed by atoms with van der Waals surface area (Å²) in [6, 6.07) is 4.81. The molecule has 0 bridgehead atoms. The van der Waals surface area contributed by atoms with Gasteiger partial charge in [0.1, 0.15) is 10.8 Å². The number of non-ortho nitro benzene ring substituents is 1. The number of hydrogen-bond donors (Lipinski definition) is 1. The van der Waals surface area contributed by atoms with Gasteiger partial charge in [-0.1, -0.05) is 11.6 Å². The van der Waals surface area contributed by atoms with Gasteiger partial charge in [0.2, 0.25) is 0 Å². The Labute approximate surface area is 127 Å². The molecule has 0 spiro atoms. The van der Waals surface area contributed by atoms with Gasteiger partial charge in [-0.05, 0) is 12.1 Å². The summed E-state index contributed by atoms with van der Waals surface area (Å²) < 4.78 is 5.01. The summed E-state index contributed by atoms with van der Waals surface area (Å²) >= 11 is 5.79. The first-order valence-corrected chi connectivity index (χ1v) is 6.21. The third-order valence-corrected chi connectivity index (χ3v) is 3.09. The van der Waals surface area contributed by atoms with E-state index < -0.39 is 32.2 Å². The van der Waals surface area contributed by atoms with Gasteiger partial charge in [0.25, 0.3) is 17.3 Å². The summed E-state index contributed by atoms with van der Waals surface area (Å²) in [5.41, 5.74) is -1.66. The number of carbonyl (C=O) groups is 1. The van der Waals surface area contributed by atoms with Crippen molar-refractivity contribution in [3.05, 3.63) is 67.1 Å². The molecule has 0 aliphatic rings. The molecule has 114 valence electrons. The van der Waals surface area contributed by atoms with Crippen LogP contribution in [-0.2, 0) is 6.54 Å². The zero-order valence-corrected chi connectivity index (χ0v) is 11.6. The Bertz CT molecular complexity index is 744. The Kier molecular flexibility index (Phi) is 4.37. The molecular weight excluding hydrogens is 318 g/mol. The van der Waals surface area contributed by atoms with Crippen LogP contribution in [0, 0.1) is 20.2 Å². The van der Waals surface area contributed by atoms with Gasteiger partial charge in [0, 0.05) is 6.07 Å². The fourth-order valence-electron chi connectivity index (χ4n) is 1.67. The minimum Gasteiger partial charge on any atom is -0.467 e. The van der Waals surface area contributed by atoms with E-state index in [9.17, 15) is 25.0 Å². The van der Waals surface area contributed by atoms with Gasteiger partial charge < -0.3 is 9.73 Å². The molecule has 1 amide bonds. The Hall–Kier alpha value is -2.94. The van der Waals surface area contributed by atoms with Crippen molar-refractivity contribution in [3.8, 4) is 0 Å². The first-order chi connectivity index (χ1) is 10.4. The maximum Gasteiger partial charge on any atom is 0.295 e. The van der Waals surface area contributed by atoms with E-state index in [1.165, 1.54) is 6.26 Å². The molecule has 0 unspecified atom stereocenters. The van der Waals surface area contributed by atoms with Crippen molar-refractivity contribution in [2.45, 2.75) is 6.54 Å². The van der Waals surface area contributed by atoms with E-state index in [0.717, 1.165) is 6.07 Å². The fraction of sp³-hybridized carbons (Fsp3) is 0.0833. The topological polar surface area (TPSA) is 129 Å². The van der Waals surface area contributed by atoms with Crippen LogP contribution in [0.25, 0.3) is 0 Å². The lowest BCUT2D eigenvalue weighted by Crippen LogP contribution is -2.23. The molecule has 0 aliphatic heterocycles. The number of nitro groups is 2. The highest BCUT2D eigenvalue weighted by molar-refractivity contribution is 6.36. The van der Waals surface area contributed by atoms with Crippen molar-refractivity contribution in [2.75, 3.05) is 0 Å². The molecule has 0 saturated heterocycles. The van der Waals surface area contributed by atoms with Gasteiger partial charge in [-0.15, -0.1) is 0 Å². The SMILES string of the molecule is O=C(NCc1ccco1)c1cc([N+](=O)[O-])cc([N+](=O)[O-])c1Cl. The lowest BCUT2D eigenvalue weighted by atomic mass is 10.1. The van der Waals surface area contributed by atoms with Crippen molar-refractivity contribution in [2.24, 2.45) is 0 Å². The molecule has 0 saturated carbocycles. The lowest BCUT2D eigenvalue weighted by Gasteiger charge is -2.06. The average Bonchev–Trinajstić information content (AvgIpc) is 2.97. The number of hydrogen-bond acceptors (Lipinski definition) is 6. The van der Waals surface area contributed by atoms with Crippen LogP contribution in [-0.4, -0.2) is 15.8 Å². The largest absolute Gasteiger partial charge is 0.467 e. The molecule has 1 aromatic carbocycles. The third kappa shape index (κ3) is 3.20. The first kappa shape index (κ1) is 15.4. The molecule has 0 atom stereocenters. The number of carbonyl (C=O) groups excluding carboxylic acids is 1. The molecule has 1 heterocycles. The molecule has 0 aliphatic carbocycles. The zero-order valence-electron chi connectivity index (χ0n) is 10.8. The number of amides is 1. The monoisotopic (exact) mass is 325 g/mol. The minimum atomic E-state index is -0.890. The fourth-order valence-corrected chi connectivity index (χ4v) is 1.94. The van der Waals surface area contributed by atoms with Crippen molar-refractivity contribution < 1.29 is 19.1 Å². The van der Waals surface area contributed by atoms with Gasteiger partial charge in [-0.3, -0.25) is 25.0 Å². The van der Waals surface area contributed by atoms with E-state index in [0.29, 0.717) is 11.8 Å². The predicted octanol–water partition coefficient (Wildman–Crippen LogP) is 2.68. The third-order valence-electron chi connectivity index (χ3n) is 2.69. The van der Waals surface area contributed by atoms with Gasteiger partial charge in [0.15, 0.2) is 0 Å². The van der Waals surface area contributed by atoms with Crippen LogP contribution in [0.15, 0.2) is 34.9 Å². The Morgan fingerprint density at radius 3 is 2.55 bits per heavy atom. The van der Waals surface area contributed by atoms with Gasteiger partial charge in [0.05, 0.1) is 34.3 Å². The van der Waals surface area contributed by atoms with Crippen molar-refractivity contribution in [1.29, 1.82) is 0 Å². The maximum atomic E-state index is 12.0. The second kappa shape index (κ2) is 6.22. The number of nitrogens with one attached hydrogen (secondary N) is 1. The van der Waals surface area contributed by atoms with Crippen molar-refractivity contribution in [1.82, 2.24) is 5.32 Å².